The van der Waals surface area contributed by atoms with Gasteiger partial charge in [-0.15, -0.1) is 10.2 Å². The number of ether oxygens (including phenoxy) is 1. The van der Waals surface area contributed by atoms with Crippen LogP contribution in [0.1, 0.15) is 27.2 Å². The second-order valence-corrected chi connectivity index (χ2v) is 6.39. The van der Waals surface area contributed by atoms with Crippen LogP contribution in [-0.2, 0) is 0 Å². The van der Waals surface area contributed by atoms with Gasteiger partial charge >= 0.3 is 0 Å². The Morgan fingerprint density at radius 1 is 0.926 bits per heavy atom. The van der Waals surface area contributed by atoms with E-state index in [0.717, 1.165) is 22.6 Å². The summed E-state index contributed by atoms with van der Waals surface area (Å²) in [6, 6.07) is 14.7. The van der Waals surface area contributed by atoms with Gasteiger partial charge in [-0.1, -0.05) is 17.7 Å². The Hall–Kier alpha value is -3.41. The van der Waals surface area contributed by atoms with Crippen LogP contribution >= 0.6 is 0 Å². The maximum atomic E-state index is 12.3. The Kier molecular flexibility index (Phi) is 5.35. The minimum Gasteiger partial charge on any atom is -0.497 e. The molecule has 0 saturated carbocycles. The number of aromatic nitrogens is 2. The predicted molar refractivity (Wildman–Crippen MR) is 107 cm³/mol. The number of carbonyl (C=O) groups is 1. The van der Waals surface area contributed by atoms with Crippen LogP contribution in [0.4, 0.5) is 17.2 Å². The van der Waals surface area contributed by atoms with Crippen molar-refractivity contribution < 1.29 is 9.53 Å². The van der Waals surface area contributed by atoms with Crippen LogP contribution in [0.5, 0.6) is 5.75 Å². The van der Waals surface area contributed by atoms with Crippen LogP contribution in [0.15, 0.2) is 48.5 Å². The van der Waals surface area contributed by atoms with Crippen LogP contribution in [0, 0.1) is 20.8 Å². The molecule has 0 unspecified atom stereocenters. The van der Waals surface area contributed by atoms with Crippen LogP contribution in [-0.4, -0.2) is 23.2 Å². The Balaban J connectivity index is 1.70. The molecule has 0 aliphatic carbocycles. The predicted octanol–water partition coefficient (Wildman–Crippen LogP) is 4.41. The lowest BCUT2D eigenvalue weighted by Gasteiger charge is -2.13. The Labute approximate surface area is 158 Å². The zero-order valence-electron chi connectivity index (χ0n) is 15.8. The highest BCUT2D eigenvalue weighted by molar-refractivity contribution is 6.02. The number of nitrogens with zero attached hydrogens (tertiary/aromatic N) is 2. The Morgan fingerprint density at radius 3 is 2.15 bits per heavy atom. The largest absolute Gasteiger partial charge is 0.497 e. The number of amides is 1. The average Bonchev–Trinajstić information content (AvgIpc) is 2.65. The molecule has 0 bridgehead atoms. The van der Waals surface area contributed by atoms with Gasteiger partial charge in [-0.2, -0.15) is 0 Å². The van der Waals surface area contributed by atoms with E-state index in [2.05, 4.69) is 39.9 Å². The van der Waals surface area contributed by atoms with Crippen molar-refractivity contribution in [2.45, 2.75) is 20.8 Å². The molecule has 138 valence electrons. The molecular weight excluding hydrogens is 340 g/mol. The molecule has 6 heteroatoms. The summed E-state index contributed by atoms with van der Waals surface area (Å²) < 4.78 is 5.10. The first kappa shape index (κ1) is 18.4. The number of hydrogen-bond acceptors (Lipinski definition) is 5. The maximum Gasteiger partial charge on any atom is 0.276 e. The second kappa shape index (κ2) is 7.86. The minimum atomic E-state index is -0.318. The van der Waals surface area contributed by atoms with E-state index in [1.807, 2.05) is 13.8 Å². The van der Waals surface area contributed by atoms with Gasteiger partial charge in [0.2, 0.25) is 0 Å². The molecule has 1 amide bonds. The fraction of sp³-hybridized carbons (Fsp3) is 0.190. The van der Waals surface area contributed by atoms with E-state index in [9.17, 15) is 4.79 Å². The van der Waals surface area contributed by atoms with E-state index in [-0.39, 0.29) is 11.6 Å². The highest BCUT2D eigenvalue weighted by atomic mass is 16.5. The third-order valence-electron chi connectivity index (χ3n) is 4.18. The van der Waals surface area contributed by atoms with Crippen LogP contribution in [0.3, 0.4) is 0 Å². The molecule has 0 saturated heterocycles. The highest BCUT2D eigenvalue weighted by Crippen LogP contribution is 2.25. The van der Waals surface area contributed by atoms with Crippen LogP contribution in [0.2, 0.25) is 0 Å². The van der Waals surface area contributed by atoms with E-state index >= 15 is 0 Å². The van der Waals surface area contributed by atoms with Gasteiger partial charge in [0.1, 0.15) is 5.75 Å². The second-order valence-electron chi connectivity index (χ2n) is 6.39. The number of methoxy groups -OCH3 is 1. The van der Waals surface area contributed by atoms with Crippen molar-refractivity contribution in [2.75, 3.05) is 17.7 Å². The number of rotatable bonds is 5. The number of nitrogens with one attached hydrogen (secondary N) is 2. The molecule has 0 aliphatic heterocycles. The molecule has 0 radical (unpaired) electrons. The molecule has 0 fully saturated rings. The number of benzene rings is 2. The van der Waals surface area contributed by atoms with Crippen molar-refractivity contribution in [3.8, 4) is 5.75 Å². The summed E-state index contributed by atoms with van der Waals surface area (Å²) in [6.45, 7) is 6.17. The Morgan fingerprint density at radius 2 is 1.59 bits per heavy atom. The lowest BCUT2D eigenvalue weighted by molar-refractivity contribution is 0.102. The van der Waals surface area contributed by atoms with Crippen LogP contribution < -0.4 is 15.4 Å². The molecule has 0 aliphatic rings. The van der Waals surface area contributed by atoms with Crippen molar-refractivity contribution in [3.63, 3.8) is 0 Å². The molecule has 3 rings (SSSR count). The molecule has 3 aromatic rings. The van der Waals surface area contributed by atoms with Gasteiger partial charge in [-0.25, -0.2) is 0 Å². The van der Waals surface area contributed by atoms with E-state index in [1.54, 1.807) is 43.5 Å². The minimum absolute atomic E-state index is 0.244. The molecule has 0 atom stereocenters. The molecule has 1 heterocycles. The normalized spacial score (nSPS) is 10.4. The quantitative estimate of drug-likeness (QED) is 0.703. The fourth-order valence-electron chi connectivity index (χ4n) is 2.89. The first-order chi connectivity index (χ1) is 13.0. The van der Waals surface area contributed by atoms with Crippen LogP contribution in [0.25, 0.3) is 0 Å². The van der Waals surface area contributed by atoms with Crippen molar-refractivity contribution in [1.82, 2.24) is 10.2 Å². The summed E-state index contributed by atoms with van der Waals surface area (Å²) in [5.74, 6) is 0.998. The molecule has 6 nitrogen and oxygen atoms in total. The van der Waals surface area contributed by atoms with Gasteiger partial charge < -0.3 is 15.4 Å². The molecule has 27 heavy (non-hydrogen) atoms. The SMILES string of the molecule is COc1ccc(NC(=O)c2ccc(Nc3c(C)cc(C)cc3C)nn2)cc1. The number of carbonyl (C=O) groups excluding carboxylic acids is 1. The monoisotopic (exact) mass is 362 g/mol. The average molecular weight is 362 g/mol. The van der Waals surface area contributed by atoms with Crippen molar-refractivity contribution in [2.24, 2.45) is 0 Å². The van der Waals surface area contributed by atoms with Gasteiger partial charge in [-0.3, -0.25) is 4.79 Å². The lowest BCUT2D eigenvalue weighted by Crippen LogP contribution is -2.14. The van der Waals surface area contributed by atoms with Gasteiger partial charge in [0, 0.05) is 11.4 Å². The molecular formula is C21H22N4O2. The standard InChI is InChI=1S/C21H22N4O2/c1-13-11-14(2)20(15(3)12-13)23-19-10-9-18(24-25-19)21(26)22-16-5-7-17(27-4)8-6-16/h5-12H,1-4H3,(H,22,26)(H,23,25). The van der Waals surface area contributed by atoms with Crippen molar-refractivity contribution in [1.29, 1.82) is 0 Å². The summed E-state index contributed by atoms with van der Waals surface area (Å²) in [7, 11) is 1.60. The fourth-order valence-corrected chi connectivity index (χ4v) is 2.89. The number of anilines is 3. The molecule has 2 aromatic carbocycles. The van der Waals surface area contributed by atoms with E-state index in [4.69, 9.17) is 4.74 Å². The molecule has 2 N–H and O–H groups in total. The third-order valence-corrected chi connectivity index (χ3v) is 4.18. The molecule has 0 spiro atoms. The van der Waals surface area contributed by atoms with E-state index < -0.39 is 0 Å². The summed E-state index contributed by atoms with van der Waals surface area (Å²) in [5.41, 5.74) is 5.40. The van der Waals surface area contributed by atoms with E-state index in [1.165, 1.54) is 5.56 Å². The zero-order chi connectivity index (χ0) is 19.4. The lowest BCUT2D eigenvalue weighted by atomic mass is 10.1. The van der Waals surface area contributed by atoms with Crippen molar-refractivity contribution in [3.05, 3.63) is 70.9 Å². The van der Waals surface area contributed by atoms with Gasteiger partial charge in [0.25, 0.3) is 5.91 Å². The Bertz CT molecular complexity index is 928. The van der Waals surface area contributed by atoms with E-state index in [0.29, 0.717) is 11.5 Å². The number of aryl methyl sites for hydroxylation is 3. The van der Waals surface area contributed by atoms with Gasteiger partial charge in [0.15, 0.2) is 11.5 Å². The van der Waals surface area contributed by atoms with Crippen molar-refractivity contribution >= 4 is 23.1 Å². The smallest absolute Gasteiger partial charge is 0.276 e. The summed E-state index contributed by atoms with van der Waals surface area (Å²) >= 11 is 0. The summed E-state index contributed by atoms with van der Waals surface area (Å²) in [4.78, 5) is 12.3. The highest BCUT2D eigenvalue weighted by Gasteiger charge is 2.10. The zero-order valence-corrected chi connectivity index (χ0v) is 15.8. The first-order valence-corrected chi connectivity index (χ1v) is 8.60. The first-order valence-electron chi connectivity index (χ1n) is 8.60. The number of hydrogen-bond donors (Lipinski definition) is 2. The maximum absolute atomic E-state index is 12.3. The molecule has 1 aromatic heterocycles. The van der Waals surface area contributed by atoms with Gasteiger partial charge in [-0.05, 0) is 68.3 Å². The third kappa shape index (κ3) is 4.41. The topological polar surface area (TPSA) is 76.1 Å². The van der Waals surface area contributed by atoms with Gasteiger partial charge in [0.05, 0.1) is 7.11 Å². The summed E-state index contributed by atoms with van der Waals surface area (Å²) in [6.07, 6.45) is 0. The summed E-state index contributed by atoms with van der Waals surface area (Å²) in [5, 5.41) is 14.2.